The molecule has 1 unspecified atom stereocenters. The summed E-state index contributed by atoms with van der Waals surface area (Å²) in [7, 11) is 0. The van der Waals surface area contributed by atoms with Crippen molar-refractivity contribution in [3.8, 4) is 17.6 Å². The molecular weight excluding hydrogens is 777 g/mol. The standard InChI is InChI=1S/C44H51ClFN7O6/c1-43(2)41(44(3,4)42(43)59-29-11-9-27(24-47)32(45)23-29)50-38(55)28-10-15-35(48-25-28)52-20-18-51(19-21-52)17-7-5-6-8-22-58-37-31-26-53(34-14-16-36(54)49-39(34)56)40(57)30(31)12-13-33(37)46/h9-13,15,23,25,34,41-42H,5-8,14,16-22,26H2,1-4H3,(H,50,55)(H,49,54,56)/t34?,41-,42-. The van der Waals surface area contributed by atoms with E-state index in [9.17, 15) is 28.8 Å². The third-order valence-corrected chi connectivity index (χ3v) is 12.7. The number of anilines is 1. The number of rotatable bonds is 14. The number of ether oxygens (including phenoxy) is 2. The Morgan fingerprint density at radius 2 is 1.76 bits per heavy atom. The molecule has 1 aromatic heterocycles. The summed E-state index contributed by atoms with van der Waals surface area (Å²) in [6.07, 6.45) is 5.51. The van der Waals surface area contributed by atoms with Crippen LogP contribution in [-0.4, -0.2) is 95.9 Å². The van der Waals surface area contributed by atoms with Gasteiger partial charge in [0.25, 0.3) is 11.8 Å². The van der Waals surface area contributed by atoms with Crippen molar-refractivity contribution in [2.24, 2.45) is 10.8 Å². The van der Waals surface area contributed by atoms with E-state index in [1.807, 2.05) is 12.1 Å². The molecule has 59 heavy (non-hydrogen) atoms. The lowest BCUT2D eigenvalue weighted by Gasteiger charge is -2.63. The van der Waals surface area contributed by atoms with Crippen molar-refractivity contribution in [1.82, 2.24) is 25.4 Å². The maximum Gasteiger partial charge on any atom is 0.255 e. The summed E-state index contributed by atoms with van der Waals surface area (Å²) in [5.41, 5.74) is 0.914. The number of fused-ring (bicyclic) bond motifs is 1. The van der Waals surface area contributed by atoms with E-state index in [4.69, 9.17) is 21.1 Å². The first kappa shape index (κ1) is 41.9. The molecule has 4 heterocycles. The smallest absolute Gasteiger partial charge is 0.255 e. The summed E-state index contributed by atoms with van der Waals surface area (Å²) in [5.74, 6) is -0.458. The Morgan fingerprint density at radius 1 is 1.02 bits per heavy atom. The maximum atomic E-state index is 14.9. The second-order valence-electron chi connectivity index (χ2n) is 17.1. The van der Waals surface area contributed by atoms with Gasteiger partial charge in [-0.2, -0.15) is 5.26 Å². The van der Waals surface area contributed by atoms with Crippen LogP contribution >= 0.6 is 11.6 Å². The van der Waals surface area contributed by atoms with Crippen LogP contribution in [0.15, 0.2) is 48.7 Å². The van der Waals surface area contributed by atoms with E-state index in [1.165, 1.54) is 17.0 Å². The Bertz CT molecular complexity index is 2130. The number of carbonyl (C=O) groups is 4. The zero-order valence-corrected chi connectivity index (χ0v) is 34.7. The summed E-state index contributed by atoms with van der Waals surface area (Å²) < 4.78 is 27.1. The van der Waals surface area contributed by atoms with Crippen LogP contribution < -0.4 is 25.0 Å². The van der Waals surface area contributed by atoms with Gasteiger partial charge in [-0.25, -0.2) is 9.37 Å². The second-order valence-corrected chi connectivity index (χ2v) is 17.5. The molecule has 4 amide bonds. The number of benzene rings is 2. The fraction of sp³-hybridized carbons (Fsp3) is 0.500. The van der Waals surface area contributed by atoms with E-state index in [-0.39, 0.29) is 65.8 Å². The van der Waals surface area contributed by atoms with Gasteiger partial charge in [0.2, 0.25) is 11.8 Å². The predicted molar refractivity (Wildman–Crippen MR) is 219 cm³/mol. The lowest BCUT2D eigenvalue weighted by atomic mass is 9.49. The van der Waals surface area contributed by atoms with E-state index >= 15 is 0 Å². The first-order valence-corrected chi connectivity index (χ1v) is 20.8. The van der Waals surface area contributed by atoms with Crippen LogP contribution in [0.5, 0.6) is 11.5 Å². The van der Waals surface area contributed by atoms with Crippen molar-refractivity contribution in [3.05, 3.63) is 81.8 Å². The number of piperazine rings is 1. The Kier molecular flexibility index (Phi) is 12.2. The third-order valence-electron chi connectivity index (χ3n) is 12.4. The van der Waals surface area contributed by atoms with Crippen LogP contribution in [0.4, 0.5) is 10.2 Å². The molecule has 3 aliphatic heterocycles. The van der Waals surface area contributed by atoms with Crippen molar-refractivity contribution < 1.29 is 33.0 Å². The van der Waals surface area contributed by atoms with Crippen LogP contribution in [-0.2, 0) is 16.1 Å². The van der Waals surface area contributed by atoms with Crippen LogP contribution in [0.1, 0.15) is 98.1 Å². The number of unbranched alkanes of at least 4 members (excludes halogenated alkanes) is 3. The van der Waals surface area contributed by atoms with Crippen LogP contribution in [0.3, 0.4) is 0 Å². The van der Waals surface area contributed by atoms with Crippen molar-refractivity contribution in [3.63, 3.8) is 0 Å². The Hall–Kier alpha value is -5.26. The fourth-order valence-electron chi connectivity index (χ4n) is 9.42. The summed E-state index contributed by atoms with van der Waals surface area (Å²) in [6, 6.07) is 12.6. The van der Waals surface area contributed by atoms with Gasteiger partial charge < -0.3 is 24.6 Å². The molecule has 7 rings (SSSR count). The van der Waals surface area contributed by atoms with Gasteiger partial charge in [-0.15, -0.1) is 0 Å². The van der Waals surface area contributed by atoms with Gasteiger partial charge in [0.05, 0.1) is 29.3 Å². The van der Waals surface area contributed by atoms with E-state index in [1.54, 1.807) is 24.4 Å². The fourth-order valence-corrected chi connectivity index (χ4v) is 9.64. The number of halogens is 2. The van der Waals surface area contributed by atoms with Gasteiger partial charge in [0, 0.05) is 72.9 Å². The van der Waals surface area contributed by atoms with Gasteiger partial charge in [-0.05, 0) is 62.2 Å². The van der Waals surface area contributed by atoms with Crippen molar-refractivity contribution >= 4 is 41.0 Å². The SMILES string of the molecule is CC1(C)[C@H](NC(=O)c2ccc(N3CCN(CCCCCCOc4c(F)ccc5c4CN(C4CCC(=O)NC4=O)C5=O)CC3)nc2)C(C)(C)[C@H]1Oc1ccc(C#N)c(Cl)c1. The number of nitrogens with zero attached hydrogens (tertiary/aromatic N) is 5. The van der Waals surface area contributed by atoms with Crippen molar-refractivity contribution in [1.29, 1.82) is 5.26 Å². The van der Waals surface area contributed by atoms with Gasteiger partial charge in [-0.3, -0.25) is 29.4 Å². The molecule has 4 aliphatic rings. The molecule has 2 aromatic carbocycles. The first-order valence-electron chi connectivity index (χ1n) is 20.4. The zero-order valence-electron chi connectivity index (χ0n) is 34.0. The topological polar surface area (TPSA) is 157 Å². The number of piperidine rings is 1. The lowest BCUT2D eigenvalue weighted by molar-refractivity contribution is -0.164. The summed E-state index contributed by atoms with van der Waals surface area (Å²) in [5, 5.41) is 15.1. The highest BCUT2D eigenvalue weighted by Crippen LogP contribution is 2.55. The van der Waals surface area contributed by atoms with E-state index in [0.29, 0.717) is 39.6 Å². The molecule has 0 spiro atoms. The summed E-state index contributed by atoms with van der Waals surface area (Å²) in [4.78, 5) is 61.2. The number of hydrogen-bond donors (Lipinski definition) is 2. The van der Waals surface area contributed by atoms with Crippen molar-refractivity contribution in [2.75, 3.05) is 44.2 Å². The lowest BCUT2D eigenvalue weighted by Crippen LogP contribution is -2.74. The number of nitrogens with one attached hydrogen (secondary N) is 2. The molecule has 15 heteroatoms. The quantitative estimate of drug-likeness (QED) is 0.149. The van der Waals surface area contributed by atoms with Gasteiger partial charge in [0.1, 0.15) is 29.8 Å². The van der Waals surface area contributed by atoms with Gasteiger partial charge in [-0.1, -0.05) is 52.1 Å². The molecule has 1 saturated carbocycles. The molecular formula is C44H51ClFN7O6. The minimum absolute atomic E-state index is 0.0612. The molecule has 312 valence electrons. The van der Waals surface area contributed by atoms with Crippen LogP contribution in [0, 0.1) is 28.0 Å². The summed E-state index contributed by atoms with van der Waals surface area (Å²) >= 11 is 6.24. The number of carbonyl (C=O) groups excluding carboxylic acids is 4. The van der Waals surface area contributed by atoms with E-state index in [0.717, 1.165) is 64.2 Å². The molecule has 1 aliphatic carbocycles. The minimum atomic E-state index is -0.769. The minimum Gasteiger partial charge on any atom is -0.490 e. The average molecular weight is 828 g/mol. The van der Waals surface area contributed by atoms with E-state index in [2.05, 4.69) is 59.2 Å². The number of aromatic nitrogens is 1. The second kappa shape index (κ2) is 17.1. The molecule has 3 aromatic rings. The molecule has 3 fully saturated rings. The zero-order chi connectivity index (χ0) is 42.1. The number of pyridine rings is 1. The summed E-state index contributed by atoms with van der Waals surface area (Å²) in [6.45, 7) is 13.1. The molecule has 1 atom stereocenters. The Morgan fingerprint density at radius 3 is 2.44 bits per heavy atom. The van der Waals surface area contributed by atoms with Crippen LogP contribution in [0.2, 0.25) is 5.02 Å². The highest BCUT2D eigenvalue weighted by atomic mass is 35.5. The highest BCUT2D eigenvalue weighted by Gasteiger charge is 2.64. The predicted octanol–water partition coefficient (Wildman–Crippen LogP) is 5.88. The number of nitriles is 1. The normalized spacial score (nSPS) is 22.3. The van der Waals surface area contributed by atoms with Gasteiger partial charge in [0.15, 0.2) is 11.6 Å². The monoisotopic (exact) mass is 827 g/mol. The number of imide groups is 1. The maximum absolute atomic E-state index is 14.9. The largest absolute Gasteiger partial charge is 0.490 e. The van der Waals surface area contributed by atoms with Gasteiger partial charge >= 0.3 is 0 Å². The third kappa shape index (κ3) is 8.59. The molecule has 13 nitrogen and oxygen atoms in total. The number of hydrogen-bond acceptors (Lipinski definition) is 10. The highest BCUT2D eigenvalue weighted by molar-refractivity contribution is 6.31. The van der Waals surface area contributed by atoms with Crippen molar-refractivity contribution in [2.45, 2.75) is 91.0 Å². The molecule has 0 radical (unpaired) electrons. The molecule has 2 N–H and O–H groups in total. The molecule has 0 bridgehead atoms. The molecule has 2 saturated heterocycles. The average Bonchev–Trinajstić information content (AvgIpc) is 3.54. The first-order chi connectivity index (χ1) is 28.2. The number of amides is 4. The van der Waals surface area contributed by atoms with E-state index < -0.39 is 17.8 Å². The Balaban J connectivity index is 0.803. The Labute approximate surface area is 349 Å². The van der Waals surface area contributed by atoms with Crippen LogP contribution in [0.25, 0.3) is 0 Å².